The van der Waals surface area contributed by atoms with Crippen LogP contribution in [0.5, 0.6) is 0 Å². The Hall–Kier alpha value is -2.58. The zero-order chi connectivity index (χ0) is 18.8. The zero-order valence-electron chi connectivity index (χ0n) is 14.4. The van der Waals surface area contributed by atoms with E-state index in [1.54, 1.807) is 17.0 Å². The van der Waals surface area contributed by atoms with Crippen LogP contribution in [0.4, 0.5) is 8.78 Å². The lowest BCUT2D eigenvalue weighted by Crippen LogP contribution is -2.48. The number of hydrogen-bond donors (Lipinski definition) is 0. The monoisotopic (exact) mass is 389 g/mol. The third-order valence-electron chi connectivity index (χ3n) is 4.58. The van der Waals surface area contributed by atoms with Crippen LogP contribution < -0.4 is 0 Å². The highest BCUT2D eigenvalue weighted by Gasteiger charge is 2.25. The fraction of sp³-hybridized carbons (Fsp3) is 0.263. The van der Waals surface area contributed by atoms with Crippen LogP contribution in [-0.2, 0) is 6.54 Å². The molecule has 0 atom stereocenters. The summed E-state index contributed by atoms with van der Waals surface area (Å²) in [5, 5.41) is 5.82. The third kappa shape index (κ3) is 3.77. The van der Waals surface area contributed by atoms with E-state index < -0.39 is 11.6 Å². The van der Waals surface area contributed by atoms with Crippen LogP contribution in [-0.4, -0.2) is 47.0 Å². The summed E-state index contributed by atoms with van der Waals surface area (Å²) >= 11 is 1.52. The molecule has 0 spiro atoms. The lowest BCUT2D eigenvalue weighted by atomic mass is 10.1. The second-order valence-corrected chi connectivity index (χ2v) is 7.28. The lowest BCUT2D eigenvalue weighted by molar-refractivity contribution is 0.0617. The summed E-state index contributed by atoms with van der Waals surface area (Å²) in [5.41, 5.74) is 0.606. The van der Waals surface area contributed by atoms with Crippen molar-refractivity contribution in [2.75, 3.05) is 26.2 Å². The van der Waals surface area contributed by atoms with Gasteiger partial charge in [-0.25, -0.2) is 8.78 Å². The fourth-order valence-electron chi connectivity index (χ4n) is 3.09. The van der Waals surface area contributed by atoms with Gasteiger partial charge in [0.25, 0.3) is 5.91 Å². The summed E-state index contributed by atoms with van der Waals surface area (Å²) in [6.07, 6.45) is 0. The van der Waals surface area contributed by atoms with Crippen molar-refractivity contribution in [2.24, 2.45) is 0 Å². The largest absolute Gasteiger partial charge is 0.355 e. The molecule has 27 heavy (non-hydrogen) atoms. The number of rotatable bonds is 4. The van der Waals surface area contributed by atoms with E-state index in [0.29, 0.717) is 44.0 Å². The van der Waals surface area contributed by atoms with Crippen LogP contribution in [0, 0.1) is 11.6 Å². The van der Waals surface area contributed by atoms with Crippen molar-refractivity contribution in [3.8, 4) is 10.6 Å². The number of nitrogens with zero attached hydrogens (tertiary/aromatic N) is 3. The summed E-state index contributed by atoms with van der Waals surface area (Å²) < 4.78 is 32.4. The number of hydrogen-bond acceptors (Lipinski definition) is 5. The number of benzene rings is 1. The van der Waals surface area contributed by atoms with Crippen molar-refractivity contribution in [1.82, 2.24) is 15.0 Å². The zero-order valence-corrected chi connectivity index (χ0v) is 15.2. The Morgan fingerprint density at radius 1 is 1.15 bits per heavy atom. The Morgan fingerprint density at radius 2 is 1.96 bits per heavy atom. The molecule has 1 aliphatic rings. The number of carbonyl (C=O) groups is 1. The quantitative estimate of drug-likeness (QED) is 0.684. The number of piperazine rings is 1. The van der Waals surface area contributed by atoms with Crippen molar-refractivity contribution in [2.45, 2.75) is 6.54 Å². The first kappa shape index (κ1) is 17.8. The number of amides is 1. The molecule has 0 N–H and O–H groups in total. The summed E-state index contributed by atoms with van der Waals surface area (Å²) in [4.78, 5) is 17.2. The molecule has 4 rings (SSSR count). The van der Waals surface area contributed by atoms with Gasteiger partial charge in [-0.2, -0.15) is 0 Å². The molecule has 1 aromatic carbocycles. The predicted octanol–water partition coefficient (Wildman–Crippen LogP) is 3.64. The average Bonchev–Trinajstić information content (AvgIpc) is 3.37. The minimum atomic E-state index is -0.839. The van der Waals surface area contributed by atoms with Crippen LogP contribution >= 0.6 is 11.3 Å². The molecule has 5 nitrogen and oxygen atoms in total. The smallest absolute Gasteiger partial charge is 0.276 e. The molecule has 1 saturated heterocycles. The van der Waals surface area contributed by atoms with Gasteiger partial charge in [0, 0.05) is 44.4 Å². The van der Waals surface area contributed by atoms with Crippen LogP contribution in [0.3, 0.4) is 0 Å². The Kier molecular flexibility index (Phi) is 5.00. The Balaban J connectivity index is 1.36. The van der Waals surface area contributed by atoms with E-state index in [1.165, 1.54) is 17.4 Å². The first-order chi connectivity index (χ1) is 13.1. The molecule has 140 valence electrons. The average molecular weight is 389 g/mol. The van der Waals surface area contributed by atoms with Gasteiger partial charge in [-0.15, -0.1) is 11.3 Å². The maximum Gasteiger partial charge on any atom is 0.276 e. The van der Waals surface area contributed by atoms with Gasteiger partial charge >= 0.3 is 0 Å². The maximum absolute atomic E-state index is 13.8. The molecule has 1 aliphatic heterocycles. The fourth-order valence-corrected chi connectivity index (χ4v) is 3.77. The summed E-state index contributed by atoms with van der Waals surface area (Å²) in [6.45, 7) is 2.47. The molecule has 2 aromatic heterocycles. The second-order valence-electron chi connectivity index (χ2n) is 6.33. The van der Waals surface area contributed by atoms with Crippen LogP contribution in [0.2, 0.25) is 0 Å². The van der Waals surface area contributed by atoms with E-state index in [2.05, 4.69) is 5.16 Å². The number of aromatic nitrogens is 1. The van der Waals surface area contributed by atoms with Gasteiger partial charge in [-0.1, -0.05) is 23.4 Å². The molecular formula is C19H17F2N3O2S. The van der Waals surface area contributed by atoms with Gasteiger partial charge in [-0.3, -0.25) is 9.69 Å². The van der Waals surface area contributed by atoms with Gasteiger partial charge in [0.15, 0.2) is 23.1 Å². The van der Waals surface area contributed by atoms with E-state index in [9.17, 15) is 13.6 Å². The Bertz CT molecular complexity index is 934. The molecule has 1 fully saturated rings. The second kappa shape index (κ2) is 7.58. The highest BCUT2D eigenvalue weighted by Crippen LogP contribution is 2.25. The maximum atomic E-state index is 13.8. The SMILES string of the molecule is O=C(c1cc(-c2cccs2)on1)N1CCN(Cc2cccc(F)c2F)CC1. The standard InChI is InChI=1S/C19H17F2N3O2S/c20-14-4-1-3-13(18(14)21)12-23-6-8-24(9-7-23)19(25)15-11-16(26-22-15)17-5-2-10-27-17/h1-5,10-11H,6-9,12H2. The van der Waals surface area contributed by atoms with Gasteiger partial charge in [0.1, 0.15) is 0 Å². The topological polar surface area (TPSA) is 49.6 Å². The molecular weight excluding hydrogens is 372 g/mol. The highest BCUT2D eigenvalue weighted by atomic mass is 32.1. The summed E-state index contributed by atoms with van der Waals surface area (Å²) in [5.74, 6) is -1.25. The minimum absolute atomic E-state index is 0.182. The molecule has 0 saturated carbocycles. The first-order valence-corrected chi connectivity index (χ1v) is 9.45. The number of carbonyl (C=O) groups excluding carboxylic acids is 1. The Labute approximate surface area is 158 Å². The normalized spacial score (nSPS) is 15.3. The summed E-state index contributed by atoms with van der Waals surface area (Å²) in [7, 11) is 0. The van der Waals surface area contributed by atoms with E-state index in [4.69, 9.17) is 4.52 Å². The van der Waals surface area contributed by atoms with Crippen LogP contribution in [0.1, 0.15) is 16.1 Å². The van der Waals surface area contributed by atoms with Gasteiger partial charge < -0.3 is 9.42 Å². The van der Waals surface area contributed by atoms with Crippen LogP contribution in [0.25, 0.3) is 10.6 Å². The van der Waals surface area contributed by atoms with Crippen molar-refractivity contribution < 1.29 is 18.1 Å². The summed E-state index contributed by atoms with van der Waals surface area (Å²) in [6, 6.07) is 9.66. The van der Waals surface area contributed by atoms with E-state index in [-0.39, 0.29) is 11.6 Å². The van der Waals surface area contributed by atoms with E-state index in [1.807, 2.05) is 22.4 Å². The van der Waals surface area contributed by atoms with E-state index >= 15 is 0 Å². The van der Waals surface area contributed by atoms with Crippen molar-refractivity contribution in [1.29, 1.82) is 0 Å². The predicted molar refractivity (Wildman–Crippen MR) is 97.4 cm³/mol. The molecule has 0 aliphatic carbocycles. The molecule has 8 heteroatoms. The molecule has 0 radical (unpaired) electrons. The molecule has 1 amide bonds. The van der Waals surface area contributed by atoms with Crippen molar-refractivity contribution in [3.05, 3.63) is 64.7 Å². The molecule has 3 heterocycles. The van der Waals surface area contributed by atoms with Gasteiger partial charge in [0.2, 0.25) is 0 Å². The Morgan fingerprint density at radius 3 is 2.70 bits per heavy atom. The van der Waals surface area contributed by atoms with E-state index in [0.717, 1.165) is 10.9 Å². The molecule has 0 unspecified atom stereocenters. The van der Waals surface area contributed by atoms with Crippen molar-refractivity contribution >= 4 is 17.2 Å². The minimum Gasteiger partial charge on any atom is -0.355 e. The molecule has 3 aromatic rings. The highest BCUT2D eigenvalue weighted by molar-refractivity contribution is 7.13. The lowest BCUT2D eigenvalue weighted by Gasteiger charge is -2.34. The van der Waals surface area contributed by atoms with Gasteiger partial charge in [0.05, 0.1) is 4.88 Å². The number of halogens is 2. The van der Waals surface area contributed by atoms with Crippen molar-refractivity contribution in [3.63, 3.8) is 0 Å². The van der Waals surface area contributed by atoms with Crippen LogP contribution in [0.15, 0.2) is 46.3 Å². The number of thiophene rings is 1. The molecule has 0 bridgehead atoms. The third-order valence-corrected chi connectivity index (χ3v) is 5.46. The van der Waals surface area contributed by atoms with Gasteiger partial charge in [-0.05, 0) is 17.5 Å². The first-order valence-electron chi connectivity index (χ1n) is 8.57.